The second kappa shape index (κ2) is 7.19. The Morgan fingerprint density at radius 3 is 2.64 bits per heavy atom. The van der Waals surface area contributed by atoms with Crippen molar-refractivity contribution in [1.29, 1.82) is 0 Å². The number of nitrogens with zero attached hydrogens (tertiary/aromatic N) is 2. The van der Waals surface area contributed by atoms with Crippen LogP contribution in [0.4, 0.5) is 15.6 Å². The minimum atomic E-state index is -0.289. The van der Waals surface area contributed by atoms with Crippen LogP contribution in [0.25, 0.3) is 10.8 Å². The lowest BCUT2D eigenvalue weighted by molar-refractivity contribution is 0.262. The second-order valence-electron chi connectivity index (χ2n) is 6.39. The average Bonchev–Trinajstić information content (AvgIpc) is 3.11. The minimum absolute atomic E-state index is 0.289. The molecule has 0 atom stereocenters. The quantitative estimate of drug-likeness (QED) is 0.665. The fraction of sp³-hybridized carbons (Fsp3) is 0.316. The number of nitrogens with one attached hydrogen (secondary N) is 2. The predicted octanol–water partition coefficient (Wildman–Crippen LogP) is 5.38. The Morgan fingerprint density at radius 1 is 0.960 bits per heavy atom. The predicted molar refractivity (Wildman–Crippen MR) is 102 cm³/mol. The van der Waals surface area contributed by atoms with E-state index in [2.05, 4.69) is 20.8 Å². The van der Waals surface area contributed by atoms with Crippen LogP contribution >= 0.6 is 11.3 Å². The summed E-state index contributed by atoms with van der Waals surface area (Å²) in [6, 6.07) is 13.5. The van der Waals surface area contributed by atoms with Crippen LogP contribution in [0.15, 0.2) is 42.5 Å². The molecule has 0 spiro atoms. The lowest BCUT2D eigenvalue weighted by atomic mass is 9.90. The van der Waals surface area contributed by atoms with Gasteiger partial charge in [0.25, 0.3) is 0 Å². The lowest BCUT2D eigenvalue weighted by Gasteiger charge is -2.18. The number of benzene rings is 2. The summed E-state index contributed by atoms with van der Waals surface area (Å²) in [7, 11) is 0. The number of carbonyl (C=O) groups excluding carboxylic acids is 1. The Balaban J connectivity index is 1.44. The summed E-state index contributed by atoms with van der Waals surface area (Å²) in [5, 5.41) is 17.8. The van der Waals surface area contributed by atoms with Crippen LogP contribution in [0.2, 0.25) is 0 Å². The standard InChI is InChI=1S/C19H20N4OS/c24-18(20-16-12-6-10-13-7-4-5-11-15(13)16)21-19-23-22-17(25-19)14-8-2-1-3-9-14/h4-7,10-12,14H,1-3,8-9H2,(H2,20,21,23,24). The van der Waals surface area contributed by atoms with Crippen LogP contribution < -0.4 is 10.6 Å². The molecule has 1 fully saturated rings. The highest BCUT2D eigenvalue weighted by Gasteiger charge is 2.20. The summed E-state index contributed by atoms with van der Waals surface area (Å²) in [6.45, 7) is 0. The van der Waals surface area contributed by atoms with Crippen molar-refractivity contribution in [3.8, 4) is 0 Å². The van der Waals surface area contributed by atoms with Gasteiger partial charge in [-0.05, 0) is 24.3 Å². The Hall–Kier alpha value is -2.47. The van der Waals surface area contributed by atoms with Gasteiger partial charge in [-0.1, -0.05) is 67.0 Å². The molecule has 4 rings (SSSR count). The molecule has 2 amide bonds. The number of fused-ring (bicyclic) bond motifs is 1. The van der Waals surface area contributed by atoms with Crippen molar-refractivity contribution < 1.29 is 4.79 Å². The molecular weight excluding hydrogens is 332 g/mol. The topological polar surface area (TPSA) is 66.9 Å². The number of hydrogen-bond donors (Lipinski definition) is 2. The molecule has 1 aliphatic carbocycles. The van der Waals surface area contributed by atoms with E-state index in [1.165, 1.54) is 43.4 Å². The number of rotatable bonds is 3. The average molecular weight is 352 g/mol. The third kappa shape index (κ3) is 3.64. The van der Waals surface area contributed by atoms with Crippen molar-refractivity contribution in [3.63, 3.8) is 0 Å². The molecule has 6 heteroatoms. The highest BCUT2D eigenvalue weighted by Crippen LogP contribution is 2.35. The highest BCUT2D eigenvalue weighted by molar-refractivity contribution is 7.15. The smallest absolute Gasteiger partial charge is 0.307 e. The summed E-state index contributed by atoms with van der Waals surface area (Å²) >= 11 is 1.49. The molecular formula is C19H20N4OS. The summed E-state index contributed by atoms with van der Waals surface area (Å²) in [5.41, 5.74) is 0.785. The Morgan fingerprint density at radius 2 is 1.76 bits per heavy atom. The number of aromatic nitrogens is 2. The summed E-state index contributed by atoms with van der Waals surface area (Å²) in [4.78, 5) is 12.3. The van der Waals surface area contributed by atoms with E-state index in [0.29, 0.717) is 11.0 Å². The first-order valence-electron chi connectivity index (χ1n) is 8.69. The van der Waals surface area contributed by atoms with E-state index in [0.717, 1.165) is 21.5 Å². The van der Waals surface area contributed by atoms with E-state index in [1.54, 1.807) is 0 Å². The van der Waals surface area contributed by atoms with Gasteiger partial charge in [0, 0.05) is 11.3 Å². The number of amides is 2. The maximum atomic E-state index is 12.3. The zero-order chi connectivity index (χ0) is 17.1. The third-order valence-electron chi connectivity index (χ3n) is 4.65. The van der Waals surface area contributed by atoms with Gasteiger partial charge in [0.2, 0.25) is 5.13 Å². The van der Waals surface area contributed by atoms with Crippen molar-refractivity contribution in [2.75, 3.05) is 10.6 Å². The Labute approximate surface area is 150 Å². The summed E-state index contributed by atoms with van der Waals surface area (Å²) in [5.74, 6) is 0.503. The van der Waals surface area contributed by atoms with Crippen LogP contribution in [-0.4, -0.2) is 16.2 Å². The first-order chi connectivity index (χ1) is 12.3. The molecule has 2 aromatic carbocycles. The van der Waals surface area contributed by atoms with Gasteiger partial charge in [0.15, 0.2) is 0 Å². The van der Waals surface area contributed by atoms with E-state index >= 15 is 0 Å². The van der Waals surface area contributed by atoms with Crippen LogP contribution in [0.5, 0.6) is 0 Å². The van der Waals surface area contributed by atoms with Crippen molar-refractivity contribution in [1.82, 2.24) is 10.2 Å². The van der Waals surface area contributed by atoms with Crippen LogP contribution in [0, 0.1) is 0 Å². The van der Waals surface area contributed by atoms with Crippen LogP contribution in [0.3, 0.4) is 0 Å². The van der Waals surface area contributed by atoms with Gasteiger partial charge in [0.05, 0.1) is 5.69 Å². The van der Waals surface area contributed by atoms with E-state index in [1.807, 2.05) is 42.5 Å². The van der Waals surface area contributed by atoms with Crippen molar-refractivity contribution >= 4 is 39.0 Å². The van der Waals surface area contributed by atoms with E-state index in [-0.39, 0.29) is 6.03 Å². The van der Waals surface area contributed by atoms with Gasteiger partial charge < -0.3 is 5.32 Å². The zero-order valence-corrected chi connectivity index (χ0v) is 14.7. The van der Waals surface area contributed by atoms with Gasteiger partial charge >= 0.3 is 6.03 Å². The first kappa shape index (κ1) is 16.0. The van der Waals surface area contributed by atoms with Gasteiger partial charge in [-0.3, -0.25) is 5.32 Å². The molecule has 3 aromatic rings. The maximum Gasteiger partial charge on any atom is 0.325 e. The van der Waals surface area contributed by atoms with Gasteiger partial charge in [0.1, 0.15) is 5.01 Å². The monoisotopic (exact) mass is 352 g/mol. The summed E-state index contributed by atoms with van der Waals surface area (Å²) < 4.78 is 0. The normalized spacial score (nSPS) is 15.2. The molecule has 1 saturated carbocycles. The van der Waals surface area contributed by atoms with Crippen molar-refractivity contribution in [2.45, 2.75) is 38.0 Å². The molecule has 0 unspecified atom stereocenters. The molecule has 0 saturated heterocycles. The van der Waals surface area contributed by atoms with Gasteiger partial charge in [-0.15, -0.1) is 10.2 Å². The Bertz CT molecular complexity index is 881. The Kier molecular flexibility index (Phi) is 4.61. The fourth-order valence-corrected chi connectivity index (χ4v) is 4.29. The van der Waals surface area contributed by atoms with E-state index in [9.17, 15) is 4.79 Å². The van der Waals surface area contributed by atoms with Crippen LogP contribution in [-0.2, 0) is 0 Å². The first-order valence-corrected chi connectivity index (χ1v) is 9.50. The SMILES string of the molecule is O=C(Nc1nnc(C2CCCCC2)s1)Nc1cccc2ccccc12. The number of anilines is 2. The molecule has 5 nitrogen and oxygen atoms in total. The molecule has 1 aromatic heterocycles. The maximum absolute atomic E-state index is 12.3. The zero-order valence-electron chi connectivity index (χ0n) is 13.9. The van der Waals surface area contributed by atoms with Crippen LogP contribution in [0.1, 0.15) is 43.0 Å². The lowest BCUT2D eigenvalue weighted by Crippen LogP contribution is -2.19. The number of hydrogen-bond acceptors (Lipinski definition) is 4. The largest absolute Gasteiger partial charge is 0.325 e. The second-order valence-corrected chi connectivity index (χ2v) is 7.40. The molecule has 1 heterocycles. The third-order valence-corrected chi connectivity index (χ3v) is 5.65. The summed E-state index contributed by atoms with van der Waals surface area (Å²) in [6.07, 6.45) is 6.19. The van der Waals surface area contributed by atoms with E-state index < -0.39 is 0 Å². The fourth-order valence-electron chi connectivity index (χ4n) is 3.38. The van der Waals surface area contributed by atoms with Crippen molar-refractivity contribution in [2.24, 2.45) is 0 Å². The highest BCUT2D eigenvalue weighted by atomic mass is 32.1. The molecule has 2 N–H and O–H groups in total. The van der Waals surface area contributed by atoms with Gasteiger partial charge in [-0.2, -0.15) is 0 Å². The van der Waals surface area contributed by atoms with Gasteiger partial charge in [-0.25, -0.2) is 4.79 Å². The molecule has 25 heavy (non-hydrogen) atoms. The molecule has 0 radical (unpaired) electrons. The molecule has 0 bridgehead atoms. The van der Waals surface area contributed by atoms with Crippen molar-refractivity contribution in [3.05, 3.63) is 47.5 Å². The molecule has 128 valence electrons. The number of urea groups is 1. The molecule has 1 aliphatic rings. The minimum Gasteiger partial charge on any atom is -0.307 e. The number of carbonyl (C=O) groups is 1. The molecule has 0 aliphatic heterocycles. The van der Waals surface area contributed by atoms with E-state index in [4.69, 9.17) is 0 Å².